The summed E-state index contributed by atoms with van der Waals surface area (Å²) in [5, 5.41) is 3.13. The molecule has 0 radical (unpaired) electrons. The van der Waals surface area contributed by atoms with E-state index < -0.39 is 0 Å². The smallest absolute Gasteiger partial charge is 0.224 e. The Bertz CT molecular complexity index is 574. The van der Waals surface area contributed by atoms with Gasteiger partial charge >= 0.3 is 0 Å². The van der Waals surface area contributed by atoms with E-state index in [1.54, 1.807) is 0 Å². The van der Waals surface area contributed by atoms with E-state index >= 15 is 0 Å². The second-order valence-corrected chi connectivity index (χ2v) is 8.98. The van der Waals surface area contributed by atoms with Crippen LogP contribution in [0.5, 0.6) is 0 Å². The van der Waals surface area contributed by atoms with Crippen LogP contribution < -0.4 is 5.32 Å². The Balaban J connectivity index is 1.46. The highest BCUT2D eigenvalue weighted by Gasteiger charge is 2.51. The third kappa shape index (κ3) is 2.73. The fourth-order valence-electron chi connectivity index (χ4n) is 5.76. The molecule has 0 saturated heterocycles. The minimum Gasteiger partial charge on any atom is -0.325 e. The summed E-state index contributed by atoms with van der Waals surface area (Å²) in [6.45, 7) is 2.06. The first kappa shape index (κ1) is 14.7. The van der Waals surface area contributed by atoms with Gasteiger partial charge in [0.1, 0.15) is 0 Å². The van der Waals surface area contributed by atoms with Gasteiger partial charge in [-0.3, -0.25) is 4.79 Å². The molecular weight excluding hydrogens is 338 g/mol. The SMILES string of the molecule is Cc1ccc(NC(=O)CC23CC4CC(CC(C4)C2)C3)c(Br)c1. The van der Waals surface area contributed by atoms with E-state index in [-0.39, 0.29) is 5.91 Å². The van der Waals surface area contributed by atoms with E-state index in [1.807, 2.05) is 12.1 Å². The van der Waals surface area contributed by atoms with Crippen LogP contribution in [0.25, 0.3) is 0 Å². The first-order valence-electron chi connectivity index (χ1n) is 8.57. The number of aryl methyl sites for hydroxylation is 1. The number of nitrogens with one attached hydrogen (secondary N) is 1. The summed E-state index contributed by atoms with van der Waals surface area (Å²) < 4.78 is 0.978. The Morgan fingerprint density at radius 3 is 2.32 bits per heavy atom. The monoisotopic (exact) mass is 361 g/mol. The van der Waals surface area contributed by atoms with Gasteiger partial charge in [0.25, 0.3) is 0 Å². The quantitative estimate of drug-likeness (QED) is 0.776. The Morgan fingerprint density at radius 1 is 1.18 bits per heavy atom. The average Bonchev–Trinajstić information content (AvgIpc) is 2.39. The lowest BCUT2D eigenvalue weighted by atomic mass is 9.49. The summed E-state index contributed by atoms with van der Waals surface area (Å²) in [6, 6.07) is 6.10. The maximum Gasteiger partial charge on any atom is 0.224 e. The molecule has 1 aromatic carbocycles. The fourth-order valence-corrected chi connectivity index (χ4v) is 6.36. The number of amides is 1. The second kappa shape index (κ2) is 5.36. The van der Waals surface area contributed by atoms with Crippen molar-refractivity contribution in [3.8, 4) is 0 Å². The number of carbonyl (C=O) groups is 1. The van der Waals surface area contributed by atoms with Gasteiger partial charge in [-0.1, -0.05) is 6.07 Å². The molecule has 0 unspecified atom stereocenters. The maximum absolute atomic E-state index is 12.6. The van der Waals surface area contributed by atoms with Gasteiger partial charge in [0.2, 0.25) is 5.91 Å². The minimum atomic E-state index is 0.200. The van der Waals surface area contributed by atoms with Crippen molar-refractivity contribution >= 4 is 27.5 Å². The molecule has 1 N–H and O–H groups in total. The van der Waals surface area contributed by atoms with Crippen molar-refractivity contribution in [3.63, 3.8) is 0 Å². The molecule has 4 aliphatic carbocycles. The number of benzene rings is 1. The molecule has 4 bridgehead atoms. The van der Waals surface area contributed by atoms with E-state index in [2.05, 4.69) is 34.2 Å². The molecule has 4 saturated carbocycles. The predicted molar refractivity (Wildman–Crippen MR) is 92.7 cm³/mol. The minimum absolute atomic E-state index is 0.200. The van der Waals surface area contributed by atoms with Crippen molar-refractivity contribution in [3.05, 3.63) is 28.2 Å². The molecule has 0 aromatic heterocycles. The van der Waals surface area contributed by atoms with Crippen molar-refractivity contribution in [1.29, 1.82) is 0 Å². The highest BCUT2D eigenvalue weighted by molar-refractivity contribution is 9.10. The molecule has 4 aliphatic rings. The first-order valence-corrected chi connectivity index (χ1v) is 9.37. The van der Waals surface area contributed by atoms with Gasteiger partial charge in [-0.05, 0) is 102 Å². The van der Waals surface area contributed by atoms with Crippen LogP contribution in [0.2, 0.25) is 0 Å². The lowest BCUT2D eigenvalue weighted by Gasteiger charge is -2.56. The molecule has 3 heteroatoms. The molecule has 2 nitrogen and oxygen atoms in total. The highest BCUT2D eigenvalue weighted by Crippen LogP contribution is 2.61. The van der Waals surface area contributed by atoms with Gasteiger partial charge < -0.3 is 5.32 Å². The molecule has 0 aliphatic heterocycles. The maximum atomic E-state index is 12.6. The third-order valence-electron chi connectivity index (χ3n) is 6.10. The molecule has 0 heterocycles. The number of hydrogen-bond acceptors (Lipinski definition) is 1. The Labute approximate surface area is 141 Å². The molecule has 22 heavy (non-hydrogen) atoms. The van der Waals surface area contributed by atoms with Crippen LogP contribution in [0.1, 0.15) is 50.5 Å². The van der Waals surface area contributed by atoms with Gasteiger partial charge in [0, 0.05) is 10.9 Å². The molecule has 4 fully saturated rings. The van der Waals surface area contributed by atoms with Crippen LogP contribution in [0.15, 0.2) is 22.7 Å². The van der Waals surface area contributed by atoms with Crippen LogP contribution in [0.4, 0.5) is 5.69 Å². The molecule has 1 aromatic rings. The molecule has 118 valence electrons. The van der Waals surface area contributed by atoms with E-state index in [0.29, 0.717) is 5.41 Å². The van der Waals surface area contributed by atoms with Gasteiger partial charge in [-0.25, -0.2) is 0 Å². The van der Waals surface area contributed by atoms with Crippen LogP contribution in [-0.4, -0.2) is 5.91 Å². The van der Waals surface area contributed by atoms with Crippen molar-refractivity contribution in [2.75, 3.05) is 5.32 Å². The standard InChI is InChI=1S/C19H24BrNO/c1-12-2-3-17(16(20)4-12)21-18(22)11-19-8-13-5-14(9-19)7-15(6-13)10-19/h2-4,13-15H,5-11H2,1H3,(H,21,22). The third-order valence-corrected chi connectivity index (χ3v) is 6.76. The predicted octanol–water partition coefficient (Wildman–Crippen LogP) is 5.30. The number of anilines is 1. The summed E-state index contributed by atoms with van der Waals surface area (Å²) in [5.74, 6) is 2.92. The van der Waals surface area contributed by atoms with Crippen molar-refractivity contribution < 1.29 is 4.79 Å². The zero-order valence-corrected chi connectivity index (χ0v) is 14.8. The Hall–Kier alpha value is -0.830. The average molecular weight is 362 g/mol. The van der Waals surface area contributed by atoms with Crippen LogP contribution in [-0.2, 0) is 4.79 Å². The molecule has 1 amide bonds. The number of rotatable bonds is 3. The fraction of sp³-hybridized carbons (Fsp3) is 0.632. The largest absolute Gasteiger partial charge is 0.325 e. The molecule has 5 rings (SSSR count). The summed E-state index contributed by atoms with van der Waals surface area (Å²) in [4.78, 5) is 12.6. The topological polar surface area (TPSA) is 29.1 Å². The van der Waals surface area contributed by atoms with E-state index in [1.165, 1.54) is 44.1 Å². The Kier molecular flexibility index (Phi) is 3.60. The van der Waals surface area contributed by atoms with Gasteiger partial charge in [-0.2, -0.15) is 0 Å². The lowest BCUT2D eigenvalue weighted by molar-refractivity contribution is -0.124. The highest BCUT2D eigenvalue weighted by atomic mass is 79.9. The number of halogens is 1. The zero-order chi connectivity index (χ0) is 15.3. The van der Waals surface area contributed by atoms with Crippen LogP contribution >= 0.6 is 15.9 Å². The summed E-state index contributed by atoms with van der Waals surface area (Å²) >= 11 is 3.55. The normalized spacial score (nSPS) is 35.6. The van der Waals surface area contributed by atoms with Crippen molar-refractivity contribution in [2.45, 2.75) is 51.9 Å². The van der Waals surface area contributed by atoms with E-state index in [9.17, 15) is 4.79 Å². The van der Waals surface area contributed by atoms with Gasteiger partial charge in [0.15, 0.2) is 0 Å². The summed E-state index contributed by atoms with van der Waals surface area (Å²) in [7, 11) is 0. The van der Waals surface area contributed by atoms with Crippen LogP contribution in [0.3, 0.4) is 0 Å². The molecule has 0 atom stereocenters. The van der Waals surface area contributed by atoms with E-state index in [0.717, 1.165) is 34.3 Å². The second-order valence-electron chi connectivity index (χ2n) is 8.13. The van der Waals surface area contributed by atoms with E-state index in [4.69, 9.17) is 0 Å². The van der Waals surface area contributed by atoms with Gasteiger partial charge in [-0.15, -0.1) is 0 Å². The summed E-state index contributed by atoms with van der Waals surface area (Å²) in [6.07, 6.45) is 8.90. The Morgan fingerprint density at radius 2 is 1.77 bits per heavy atom. The zero-order valence-electron chi connectivity index (χ0n) is 13.2. The number of carbonyl (C=O) groups excluding carboxylic acids is 1. The van der Waals surface area contributed by atoms with Crippen LogP contribution in [0, 0.1) is 30.1 Å². The number of hydrogen-bond donors (Lipinski definition) is 1. The van der Waals surface area contributed by atoms with Crippen molar-refractivity contribution in [1.82, 2.24) is 0 Å². The lowest BCUT2D eigenvalue weighted by Crippen LogP contribution is -2.47. The first-order chi connectivity index (χ1) is 10.5. The molecular formula is C19H24BrNO. The summed E-state index contributed by atoms with van der Waals surface area (Å²) in [5.41, 5.74) is 2.42. The van der Waals surface area contributed by atoms with Gasteiger partial charge in [0.05, 0.1) is 5.69 Å². The molecule has 0 spiro atoms. The van der Waals surface area contributed by atoms with Crippen molar-refractivity contribution in [2.24, 2.45) is 23.2 Å².